The molecule has 0 amide bonds. The summed E-state index contributed by atoms with van der Waals surface area (Å²) in [6.07, 6.45) is 1.67. The van der Waals surface area contributed by atoms with Gasteiger partial charge in [0.15, 0.2) is 0 Å². The number of hydrogen-bond acceptors (Lipinski definition) is 6. The van der Waals surface area contributed by atoms with Crippen molar-refractivity contribution in [2.24, 2.45) is 0 Å². The predicted molar refractivity (Wildman–Crippen MR) is 121 cm³/mol. The third-order valence-corrected chi connectivity index (χ3v) is 7.21. The third kappa shape index (κ3) is 4.01. The Morgan fingerprint density at radius 3 is 2.69 bits per heavy atom. The first-order valence-corrected chi connectivity index (χ1v) is 11.7. The Balaban J connectivity index is 1.53. The van der Waals surface area contributed by atoms with Crippen molar-refractivity contribution < 1.29 is 22.4 Å². The number of carbonyl (C=O) groups excluding carboxylic acids is 1. The number of benzene rings is 2. The van der Waals surface area contributed by atoms with E-state index in [-0.39, 0.29) is 23.9 Å². The monoisotopic (exact) mass is 455 g/mol. The van der Waals surface area contributed by atoms with Crippen molar-refractivity contribution in [2.45, 2.75) is 38.3 Å². The summed E-state index contributed by atoms with van der Waals surface area (Å²) in [6, 6.07) is 10.7. The molecule has 0 fully saturated rings. The first-order valence-electron chi connectivity index (χ1n) is 10.2. The van der Waals surface area contributed by atoms with Gasteiger partial charge in [-0.1, -0.05) is 12.1 Å². The topological polar surface area (TPSA) is 94.6 Å². The van der Waals surface area contributed by atoms with Crippen molar-refractivity contribution >= 4 is 38.0 Å². The Hall–Kier alpha value is -3.17. The van der Waals surface area contributed by atoms with Crippen molar-refractivity contribution in [3.05, 3.63) is 59.6 Å². The average molecular weight is 456 g/mol. The van der Waals surface area contributed by atoms with Gasteiger partial charge in [-0.3, -0.25) is 4.79 Å². The normalized spacial score (nSPS) is 12.2. The molecular formula is C23H25N3O5S. The SMILES string of the molecule is CCn1c(COC(=O)Cc2coc3cc(C)ccc23)nc2cc(S(=O)(=O)N(C)C)ccc21. The van der Waals surface area contributed by atoms with Crippen LogP contribution in [0.15, 0.2) is 52.0 Å². The van der Waals surface area contributed by atoms with E-state index in [1.54, 1.807) is 24.5 Å². The maximum Gasteiger partial charge on any atom is 0.310 e. The average Bonchev–Trinajstić information content (AvgIpc) is 3.31. The molecule has 0 aliphatic carbocycles. The smallest absolute Gasteiger partial charge is 0.310 e. The van der Waals surface area contributed by atoms with E-state index >= 15 is 0 Å². The van der Waals surface area contributed by atoms with Crippen molar-refractivity contribution in [3.63, 3.8) is 0 Å². The molecule has 32 heavy (non-hydrogen) atoms. The number of carbonyl (C=O) groups is 1. The number of ether oxygens (including phenoxy) is 1. The molecule has 0 bridgehead atoms. The zero-order valence-electron chi connectivity index (χ0n) is 18.5. The number of hydrogen-bond donors (Lipinski definition) is 0. The van der Waals surface area contributed by atoms with Crippen LogP contribution in [0.2, 0.25) is 0 Å². The van der Waals surface area contributed by atoms with Crippen molar-refractivity contribution in [3.8, 4) is 0 Å². The number of esters is 1. The molecule has 2 heterocycles. The molecule has 0 atom stereocenters. The highest BCUT2D eigenvalue weighted by molar-refractivity contribution is 7.89. The minimum absolute atomic E-state index is 0.00793. The lowest BCUT2D eigenvalue weighted by molar-refractivity contribution is -0.144. The van der Waals surface area contributed by atoms with E-state index in [2.05, 4.69) is 4.98 Å². The number of aromatic nitrogens is 2. The first kappa shape index (κ1) is 22.0. The Morgan fingerprint density at radius 1 is 1.19 bits per heavy atom. The van der Waals surface area contributed by atoms with E-state index in [1.807, 2.05) is 36.6 Å². The summed E-state index contributed by atoms with van der Waals surface area (Å²) in [7, 11) is -0.593. The zero-order chi connectivity index (χ0) is 23.0. The Labute approximate surface area is 186 Å². The fourth-order valence-corrected chi connectivity index (χ4v) is 4.59. The Morgan fingerprint density at radius 2 is 1.97 bits per heavy atom. The maximum absolute atomic E-state index is 12.5. The number of sulfonamides is 1. The Bertz CT molecular complexity index is 1420. The van der Waals surface area contributed by atoms with Crippen LogP contribution in [-0.2, 0) is 39.1 Å². The van der Waals surface area contributed by atoms with Crippen LogP contribution in [-0.4, -0.2) is 42.3 Å². The number of fused-ring (bicyclic) bond motifs is 2. The van der Waals surface area contributed by atoms with E-state index in [4.69, 9.17) is 9.15 Å². The minimum atomic E-state index is -3.56. The predicted octanol–water partition coefficient (Wildman–Crippen LogP) is 3.65. The van der Waals surface area contributed by atoms with Gasteiger partial charge in [-0.15, -0.1) is 0 Å². The lowest BCUT2D eigenvalue weighted by atomic mass is 10.1. The van der Waals surface area contributed by atoms with Gasteiger partial charge in [0.1, 0.15) is 18.0 Å². The molecule has 0 saturated carbocycles. The van der Waals surface area contributed by atoms with Gasteiger partial charge in [0, 0.05) is 31.6 Å². The zero-order valence-corrected chi connectivity index (χ0v) is 19.3. The quantitative estimate of drug-likeness (QED) is 0.395. The molecule has 2 aromatic heterocycles. The van der Waals surface area contributed by atoms with Gasteiger partial charge < -0.3 is 13.7 Å². The van der Waals surface area contributed by atoms with Gasteiger partial charge >= 0.3 is 5.97 Å². The van der Waals surface area contributed by atoms with Crippen LogP contribution in [0.4, 0.5) is 0 Å². The fourth-order valence-electron chi connectivity index (χ4n) is 3.67. The van der Waals surface area contributed by atoms with Crippen molar-refractivity contribution in [1.82, 2.24) is 13.9 Å². The van der Waals surface area contributed by atoms with Gasteiger partial charge in [0.25, 0.3) is 0 Å². The molecule has 0 N–H and O–H groups in total. The highest BCUT2D eigenvalue weighted by atomic mass is 32.2. The van der Waals surface area contributed by atoms with Crippen molar-refractivity contribution in [1.29, 1.82) is 0 Å². The molecule has 0 radical (unpaired) electrons. The molecule has 2 aromatic carbocycles. The second-order valence-electron chi connectivity index (χ2n) is 7.81. The van der Waals surface area contributed by atoms with Crippen LogP contribution < -0.4 is 0 Å². The molecule has 0 aliphatic rings. The van der Waals surface area contributed by atoms with E-state index in [1.165, 1.54) is 14.1 Å². The summed E-state index contributed by atoms with van der Waals surface area (Å²) >= 11 is 0. The highest BCUT2D eigenvalue weighted by Crippen LogP contribution is 2.24. The van der Waals surface area contributed by atoms with Crippen LogP contribution in [0.3, 0.4) is 0 Å². The van der Waals surface area contributed by atoms with Crippen LogP contribution >= 0.6 is 0 Å². The molecule has 168 valence electrons. The second kappa shape index (κ2) is 8.40. The molecule has 8 nitrogen and oxygen atoms in total. The van der Waals surface area contributed by atoms with E-state index in [0.717, 1.165) is 31.9 Å². The lowest BCUT2D eigenvalue weighted by Crippen LogP contribution is -2.22. The van der Waals surface area contributed by atoms with Gasteiger partial charge in [-0.05, 0) is 43.7 Å². The largest absolute Gasteiger partial charge is 0.464 e. The van der Waals surface area contributed by atoms with Crippen LogP contribution in [0.1, 0.15) is 23.9 Å². The lowest BCUT2D eigenvalue weighted by Gasteiger charge is -2.11. The van der Waals surface area contributed by atoms with Gasteiger partial charge in [-0.2, -0.15) is 0 Å². The van der Waals surface area contributed by atoms with Gasteiger partial charge in [-0.25, -0.2) is 17.7 Å². The van der Waals surface area contributed by atoms with Crippen LogP contribution in [0.5, 0.6) is 0 Å². The van der Waals surface area contributed by atoms with E-state index in [0.29, 0.717) is 17.9 Å². The summed E-state index contributed by atoms with van der Waals surface area (Å²) in [5, 5.41) is 0.892. The molecule has 9 heteroatoms. The number of rotatable bonds is 7. The first-order chi connectivity index (χ1) is 15.2. The maximum atomic E-state index is 12.5. The second-order valence-corrected chi connectivity index (χ2v) is 9.96. The summed E-state index contributed by atoms with van der Waals surface area (Å²) in [5.74, 6) is 0.168. The van der Waals surface area contributed by atoms with E-state index < -0.39 is 10.0 Å². The van der Waals surface area contributed by atoms with Crippen LogP contribution in [0.25, 0.3) is 22.0 Å². The number of aryl methyl sites for hydroxylation is 2. The van der Waals surface area contributed by atoms with Gasteiger partial charge in [0.05, 0.1) is 28.6 Å². The number of furan rings is 1. The molecule has 0 unspecified atom stereocenters. The standard InChI is InChI=1S/C23H25N3O5S/c1-5-26-20-9-7-17(32(28,29)25(3)4)12-19(20)24-22(26)14-31-23(27)11-16-13-30-21-10-15(2)6-8-18(16)21/h6-10,12-13H,5,11,14H2,1-4H3. The number of nitrogens with zero attached hydrogens (tertiary/aromatic N) is 3. The molecule has 0 spiro atoms. The summed E-state index contributed by atoms with van der Waals surface area (Å²) in [4.78, 5) is 17.2. The molecule has 4 aromatic rings. The fraction of sp³-hybridized carbons (Fsp3) is 0.304. The molecule has 0 aliphatic heterocycles. The Kier molecular flexibility index (Phi) is 5.79. The van der Waals surface area contributed by atoms with Crippen LogP contribution in [0, 0.1) is 6.92 Å². The number of imidazole rings is 1. The van der Waals surface area contributed by atoms with E-state index in [9.17, 15) is 13.2 Å². The summed E-state index contributed by atoms with van der Waals surface area (Å²) < 4.78 is 39.0. The molecule has 4 rings (SSSR count). The summed E-state index contributed by atoms with van der Waals surface area (Å²) in [5.41, 5.74) is 3.92. The molecule has 0 saturated heterocycles. The summed E-state index contributed by atoms with van der Waals surface area (Å²) in [6.45, 7) is 4.53. The molecular weight excluding hydrogens is 430 g/mol. The minimum Gasteiger partial charge on any atom is -0.464 e. The van der Waals surface area contributed by atoms with Crippen molar-refractivity contribution in [2.75, 3.05) is 14.1 Å². The van der Waals surface area contributed by atoms with Gasteiger partial charge in [0.2, 0.25) is 10.0 Å². The third-order valence-electron chi connectivity index (χ3n) is 5.40. The highest BCUT2D eigenvalue weighted by Gasteiger charge is 2.20.